The van der Waals surface area contributed by atoms with Crippen LogP contribution in [0.4, 0.5) is 0 Å². The summed E-state index contributed by atoms with van der Waals surface area (Å²) in [5, 5.41) is 8.58. The molecule has 1 amide bonds. The van der Waals surface area contributed by atoms with E-state index in [4.69, 9.17) is 28.9 Å². The van der Waals surface area contributed by atoms with Crippen molar-refractivity contribution >= 4 is 29.7 Å². The van der Waals surface area contributed by atoms with Gasteiger partial charge in [0.15, 0.2) is 10.6 Å². The van der Waals surface area contributed by atoms with Gasteiger partial charge in [0.2, 0.25) is 5.91 Å². The van der Waals surface area contributed by atoms with Gasteiger partial charge in [-0.25, -0.2) is 4.68 Å². The van der Waals surface area contributed by atoms with Gasteiger partial charge >= 0.3 is 0 Å². The van der Waals surface area contributed by atoms with E-state index >= 15 is 0 Å². The average molecular weight is 436 g/mol. The van der Waals surface area contributed by atoms with Crippen LogP contribution in [0.15, 0.2) is 24.3 Å². The number of carbonyl (C=O) groups is 1. The minimum atomic E-state index is 0.0915. The molecule has 1 aliphatic rings. The molecule has 1 aromatic carbocycles. The van der Waals surface area contributed by atoms with Crippen molar-refractivity contribution in [2.24, 2.45) is 18.9 Å². The van der Waals surface area contributed by atoms with Gasteiger partial charge in [-0.2, -0.15) is 5.10 Å². The van der Waals surface area contributed by atoms with Crippen molar-refractivity contribution in [2.45, 2.75) is 46.3 Å². The fraction of sp³-hybridized carbons (Fsp3) is 0.571. The first kappa shape index (κ1) is 22.0. The van der Waals surface area contributed by atoms with Crippen molar-refractivity contribution < 1.29 is 4.79 Å². The number of piperidine rings is 1. The van der Waals surface area contributed by atoms with Crippen LogP contribution in [0.5, 0.6) is 0 Å². The van der Waals surface area contributed by atoms with Gasteiger partial charge in [-0.15, -0.1) is 0 Å². The molecular formula is C21H30ClN5OS. The highest BCUT2D eigenvalue weighted by atomic mass is 35.5. The van der Waals surface area contributed by atoms with E-state index in [1.165, 1.54) is 0 Å². The zero-order chi connectivity index (χ0) is 21.1. The standard InChI is InChI=1S/C21H30ClN5OS/c1-14(2)15(3)23-20(28)17-9-11-26(12-10-17)13-27-21(29)25(4)19(24-27)16-5-7-18(22)8-6-16/h5-8,14-15,17H,9-13H2,1-4H3,(H,23,28). The van der Waals surface area contributed by atoms with Gasteiger partial charge in [-0.05, 0) is 62.2 Å². The lowest BCUT2D eigenvalue weighted by Crippen LogP contribution is -2.44. The van der Waals surface area contributed by atoms with Gasteiger partial charge < -0.3 is 9.88 Å². The lowest BCUT2D eigenvalue weighted by molar-refractivity contribution is -0.127. The van der Waals surface area contributed by atoms with Gasteiger partial charge in [-0.1, -0.05) is 25.4 Å². The molecule has 0 spiro atoms. The Bertz CT molecular complexity index is 897. The largest absolute Gasteiger partial charge is 0.353 e. The van der Waals surface area contributed by atoms with E-state index < -0.39 is 0 Å². The van der Waals surface area contributed by atoms with Crippen molar-refractivity contribution in [2.75, 3.05) is 13.1 Å². The molecule has 1 unspecified atom stereocenters. The van der Waals surface area contributed by atoms with Crippen LogP contribution < -0.4 is 5.32 Å². The number of amides is 1. The molecule has 1 aliphatic heterocycles. The SMILES string of the molecule is CC(C)C(C)NC(=O)C1CCN(Cn2nc(-c3ccc(Cl)cc3)n(C)c2=S)CC1. The summed E-state index contributed by atoms with van der Waals surface area (Å²) in [5.41, 5.74) is 0.983. The highest BCUT2D eigenvalue weighted by molar-refractivity contribution is 7.71. The van der Waals surface area contributed by atoms with Crippen LogP contribution >= 0.6 is 23.8 Å². The predicted octanol–water partition coefficient (Wildman–Crippen LogP) is 4.10. The number of carbonyl (C=O) groups excluding carboxylic acids is 1. The van der Waals surface area contributed by atoms with Crippen LogP contribution in [-0.2, 0) is 18.5 Å². The molecule has 1 saturated heterocycles. The lowest BCUT2D eigenvalue weighted by atomic mass is 9.95. The summed E-state index contributed by atoms with van der Waals surface area (Å²) in [6, 6.07) is 7.82. The van der Waals surface area contributed by atoms with Crippen LogP contribution in [0.25, 0.3) is 11.4 Å². The van der Waals surface area contributed by atoms with E-state index in [0.717, 1.165) is 37.3 Å². The molecule has 0 aliphatic carbocycles. The van der Waals surface area contributed by atoms with Crippen molar-refractivity contribution in [3.8, 4) is 11.4 Å². The van der Waals surface area contributed by atoms with Gasteiger partial charge in [0, 0.05) is 42.7 Å². The van der Waals surface area contributed by atoms with Crippen LogP contribution in [0.3, 0.4) is 0 Å². The third-order valence-electron chi connectivity index (χ3n) is 5.81. The van der Waals surface area contributed by atoms with Crippen LogP contribution in [0.2, 0.25) is 5.02 Å². The van der Waals surface area contributed by atoms with Crippen LogP contribution in [-0.4, -0.2) is 44.3 Å². The van der Waals surface area contributed by atoms with Crippen molar-refractivity contribution in [1.82, 2.24) is 24.6 Å². The number of nitrogens with zero attached hydrogens (tertiary/aromatic N) is 4. The Kier molecular flexibility index (Phi) is 7.14. The maximum Gasteiger partial charge on any atom is 0.223 e. The minimum Gasteiger partial charge on any atom is -0.353 e. The Morgan fingerprint density at radius 2 is 1.86 bits per heavy atom. The molecule has 1 aromatic heterocycles. The molecule has 29 heavy (non-hydrogen) atoms. The summed E-state index contributed by atoms with van der Waals surface area (Å²) in [6.45, 7) is 8.69. The predicted molar refractivity (Wildman–Crippen MR) is 119 cm³/mol. The molecule has 3 rings (SSSR count). The minimum absolute atomic E-state index is 0.0915. The van der Waals surface area contributed by atoms with Crippen molar-refractivity contribution in [3.63, 3.8) is 0 Å². The molecule has 6 nitrogen and oxygen atoms in total. The van der Waals surface area contributed by atoms with Crippen molar-refractivity contribution in [1.29, 1.82) is 0 Å². The van der Waals surface area contributed by atoms with Gasteiger partial charge in [0.1, 0.15) is 0 Å². The Morgan fingerprint density at radius 1 is 1.24 bits per heavy atom. The quantitative estimate of drug-likeness (QED) is 0.694. The van der Waals surface area contributed by atoms with E-state index in [-0.39, 0.29) is 17.9 Å². The molecule has 1 N–H and O–H groups in total. The molecule has 0 bridgehead atoms. The summed E-state index contributed by atoms with van der Waals surface area (Å²) >= 11 is 11.6. The maximum absolute atomic E-state index is 12.5. The topological polar surface area (TPSA) is 55.1 Å². The number of benzene rings is 1. The Balaban J connectivity index is 1.61. The van der Waals surface area contributed by atoms with E-state index in [1.54, 1.807) is 0 Å². The first-order valence-corrected chi connectivity index (χ1v) is 11.0. The average Bonchev–Trinajstić information content (AvgIpc) is 2.97. The van der Waals surface area contributed by atoms with E-state index in [1.807, 2.05) is 40.6 Å². The Hall–Kier alpha value is -1.70. The summed E-state index contributed by atoms with van der Waals surface area (Å²) in [7, 11) is 1.93. The van der Waals surface area contributed by atoms with E-state index in [2.05, 4.69) is 31.0 Å². The molecule has 8 heteroatoms. The van der Waals surface area contributed by atoms with Gasteiger partial charge in [0.25, 0.3) is 0 Å². The number of hydrogen-bond acceptors (Lipinski definition) is 4. The molecular weight excluding hydrogens is 406 g/mol. The molecule has 158 valence electrons. The summed E-state index contributed by atoms with van der Waals surface area (Å²) in [5.74, 6) is 1.54. The van der Waals surface area contributed by atoms with Crippen LogP contribution in [0, 0.1) is 16.6 Å². The molecule has 0 saturated carbocycles. The smallest absolute Gasteiger partial charge is 0.223 e. The van der Waals surface area contributed by atoms with Crippen LogP contribution in [0.1, 0.15) is 33.6 Å². The highest BCUT2D eigenvalue weighted by Gasteiger charge is 2.26. The fourth-order valence-electron chi connectivity index (χ4n) is 3.47. The molecule has 1 fully saturated rings. The van der Waals surface area contributed by atoms with E-state index in [9.17, 15) is 4.79 Å². The van der Waals surface area contributed by atoms with Gasteiger partial charge in [-0.3, -0.25) is 9.69 Å². The monoisotopic (exact) mass is 435 g/mol. The lowest BCUT2D eigenvalue weighted by Gasteiger charge is -2.31. The first-order chi connectivity index (χ1) is 13.8. The number of aromatic nitrogens is 3. The summed E-state index contributed by atoms with van der Waals surface area (Å²) in [6.07, 6.45) is 1.72. The number of rotatable bonds is 6. The number of nitrogens with one attached hydrogen (secondary N) is 1. The second-order valence-corrected chi connectivity index (χ2v) is 9.05. The number of hydrogen-bond donors (Lipinski definition) is 1. The van der Waals surface area contributed by atoms with Crippen molar-refractivity contribution in [3.05, 3.63) is 34.1 Å². The number of halogens is 1. The third-order valence-corrected chi connectivity index (χ3v) is 6.54. The highest BCUT2D eigenvalue weighted by Crippen LogP contribution is 2.22. The maximum atomic E-state index is 12.5. The molecule has 2 aromatic rings. The number of likely N-dealkylation sites (tertiary alicyclic amines) is 1. The molecule has 2 heterocycles. The Morgan fingerprint density at radius 3 is 2.45 bits per heavy atom. The zero-order valence-corrected chi connectivity index (χ0v) is 19.1. The Labute approximate surface area is 182 Å². The normalized spacial score (nSPS) is 16.9. The first-order valence-electron chi connectivity index (χ1n) is 10.2. The zero-order valence-electron chi connectivity index (χ0n) is 17.6. The van der Waals surface area contributed by atoms with Gasteiger partial charge in [0.05, 0.1) is 6.67 Å². The fourth-order valence-corrected chi connectivity index (χ4v) is 3.78. The molecule has 1 atom stereocenters. The summed E-state index contributed by atoms with van der Waals surface area (Å²) < 4.78 is 4.47. The van der Waals surface area contributed by atoms with E-state index in [0.29, 0.717) is 22.4 Å². The second kappa shape index (κ2) is 9.41. The summed E-state index contributed by atoms with van der Waals surface area (Å²) in [4.78, 5) is 14.8. The second-order valence-electron chi connectivity index (χ2n) is 8.25. The third kappa shape index (κ3) is 5.27. The molecule has 0 radical (unpaired) electrons.